The van der Waals surface area contributed by atoms with Gasteiger partial charge < -0.3 is 9.64 Å². The summed E-state index contributed by atoms with van der Waals surface area (Å²) in [7, 11) is 2.19. The van der Waals surface area contributed by atoms with Gasteiger partial charge in [-0.15, -0.1) is 0 Å². The summed E-state index contributed by atoms with van der Waals surface area (Å²) in [5.41, 5.74) is 0. The molecule has 1 fully saturated rings. The Balaban J connectivity index is 2.22. The third kappa shape index (κ3) is 5.27. The summed E-state index contributed by atoms with van der Waals surface area (Å²) in [6.07, 6.45) is 5.44. The fourth-order valence-corrected chi connectivity index (χ4v) is 1.75. The van der Waals surface area contributed by atoms with Crippen molar-refractivity contribution in [3.8, 4) is 0 Å². The molecule has 0 N–H and O–H groups in total. The number of likely N-dealkylation sites (N-methyl/N-ethyl adjacent to an activating group) is 1. The monoisotopic (exact) mass is 185 g/mol. The molecule has 1 heterocycles. The molecule has 0 saturated carbocycles. The second-order valence-electron chi connectivity index (χ2n) is 4.33. The summed E-state index contributed by atoms with van der Waals surface area (Å²) in [5.74, 6) is 0.753. The van der Waals surface area contributed by atoms with E-state index in [9.17, 15) is 0 Å². The van der Waals surface area contributed by atoms with Crippen molar-refractivity contribution in [2.75, 3.05) is 33.4 Å². The van der Waals surface area contributed by atoms with Crippen molar-refractivity contribution in [2.24, 2.45) is 5.92 Å². The van der Waals surface area contributed by atoms with Gasteiger partial charge in [0.15, 0.2) is 0 Å². The van der Waals surface area contributed by atoms with Crippen molar-refractivity contribution >= 4 is 0 Å². The van der Waals surface area contributed by atoms with Crippen LogP contribution in [0.4, 0.5) is 0 Å². The van der Waals surface area contributed by atoms with Crippen LogP contribution in [0, 0.1) is 5.92 Å². The molecule has 1 rings (SSSR count). The van der Waals surface area contributed by atoms with Crippen LogP contribution in [-0.2, 0) is 4.74 Å². The predicted octanol–water partition coefficient (Wildman–Crippen LogP) is 2.14. The van der Waals surface area contributed by atoms with Gasteiger partial charge in [-0.1, -0.05) is 19.8 Å². The highest BCUT2D eigenvalue weighted by Crippen LogP contribution is 2.11. The Hall–Kier alpha value is -0.0800. The molecular weight excluding hydrogens is 162 g/mol. The van der Waals surface area contributed by atoms with Crippen LogP contribution in [0.1, 0.15) is 32.6 Å². The zero-order chi connectivity index (χ0) is 9.52. The summed E-state index contributed by atoms with van der Waals surface area (Å²) in [4.78, 5) is 2.37. The van der Waals surface area contributed by atoms with Gasteiger partial charge in [0.05, 0.1) is 6.61 Å². The molecule has 0 aromatic carbocycles. The molecule has 78 valence electrons. The third-order valence-corrected chi connectivity index (χ3v) is 2.76. The normalized spacial score (nSPS) is 29.5. The third-order valence-electron chi connectivity index (χ3n) is 2.76. The first kappa shape index (κ1) is 11.0. The van der Waals surface area contributed by atoms with Gasteiger partial charge in [0.1, 0.15) is 0 Å². The molecule has 0 aromatic heterocycles. The Morgan fingerprint density at radius 3 is 2.85 bits per heavy atom. The Kier molecular flexibility index (Phi) is 5.40. The number of nitrogens with zero attached hydrogens (tertiary/aromatic N) is 1. The van der Waals surface area contributed by atoms with Gasteiger partial charge >= 0.3 is 0 Å². The molecule has 0 bridgehead atoms. The topological polar surface area (TPSA) is 12.5 Å². The van der Waals surface area contributed by atoms with Crippen LogP contribution in [0.3, 0.4) is 0 Å². The van der Waals surface area contributed by atoms with Crippen LogP contribution >= 0.6 is 0 Å². The van der Waals surface area contributed by atoms with Gasteiger partial charge in [0.25, 0.3) is 0 Å². The lowest BCUT2D eigenvalue weighted by Crippen LogP contribution is -2.24. The van der Waals surface area contributed by atoms with E-state index in [1.165, 1.54) is 32.2 Å². The molecule has 2 heteroatoms. The average molecular weight is 185 g/mol. The van der Waals surface area contributed by atoms with E-state index in [0.717, 1.165) is 25.7 Å². The summed E-state index contributed by atoms with van der Waals surface area (Å²) in [6, 6.07) is 0. The van der Waals surface area contributed by atoms with Gasteiger partial charge in [-0.2, -0.15) is 0 Å². The minimum absolute atomic E-state index is 0.753. The first-order valence-corrected chi connectivity index (χ1v) is 5.55. The molecule has 0 aromatic rings. The molecule has 0 radical (unpaired) electrons. The molecule has 2 nitrogen and oxygen atoms in total. The molecule has 13 heavy (non-hydrogen) atoms. The highest BCUT2D eigenvalue weighted by atomic mass is 16.5. The smallest absolute Gasteiger partial charge is 0.0593 e. The summed E-state index contributed by atoms with van der Waals surface area (Å²) in [5, 5.41) is 0. The molecule has 1 saturated heterocycles. The fraction of sp³-hybridized carbons (Fsp3) is 1.00. The van der Waals surface area contributed by atoms with E-state index in [1.54, 1.807) is 0 Å². The van der Waals surface area contributed by atoms with Crippen LogP contribution < -0.4 is 0 Å². The number of ether oxygens (including phenoxy) is 1. The van der Waals surface area contributed by atoms with Crippen molar-refractivity contribution in [3.05, 3.63) is 0 Å². The zero-order valence-corrected chi connectivity index (χ0v) is 9.09. The van der Waals surface area contributed by atoms with Gasteiger partial charge in [-0.25, -0.2) is 0 Å². The van der Waals surface area contributed by atoms with E-state index >= 15 is 0 Å². The number of hydrogen-bond donors (Lipinski definition) is 0. The van der Waals surface area contributed by atoms with Crippen LogP contribution in [0.5, 0.6) is 0 Å². The lowest BCUT2D eigenvalue weighted by Gasteiger charge is -2.15. The highest BCUT2D eigenvalue weighted by Gasteiger charge is 2.05. The van der Waals surface area contributed by atoms with E-state index in [4.69, 9.17) is 4.74 Å². The molecular formula is C11H23NO. The van der Waals surface area contributed by atoms with Crippen molar-refractivity contribution in [2.45, 2.75) is 32.6 Å². The molecule has 1 aliphatic rings. The molecule has 0 aliphatic carbocycles. The predicted molar refractivity (Wildman–Crippen MR) is 55.9 cm³/mol. The van der Waals surface area contributed by atoms with Gasteiger partial charge in [0, 0.05) is 13.2 Å². The Bertz CT molecular complexity index is 113. The van der Waals surface area contributed by atoms with Crippen LogP contribution in [0.15, 0.2) is 0 Å². The quantitative estimate of drug-likeness (QED) is 0.573. The maximum atomic E-state index is 5.61. The van der Waals surface area contributed by atoms with Crippen LogP contribution in [0.25, 0.3) is 0 Å². The largest absolute Gasteiger partial charge is 0.380 e. The zero-order valence-electron chi connectivity index (χ0n) is 9.09. The van der Waals surface area contributed by atoms with Crippen LogP contribution in [-0.4, -0.2) is 38.3 Å². The molecule has 1 aliphatic heterocycles. The van der Waals surface area contributed by atoms with E-state index in [1.807, 2.05) is 0 Å². The molecule has 0 unspecified atom stereocenters. The molecule has 0 amide bonds. The second kappa shape index (κ2) is 6.39. The lowest BCUT2D eigenvalue weighted by molar-refractivity contribution is 0.0874. The van der Waals surface area contributed by atoms with Crippen molar-refractivity contribution in [1.29, 1.82) is 0 Å². The Morgan fingerprint density at radius 2 is 2.00 bits per heavy atom. The summed E-state index contributed by atoms with van der Waals surface area (Å²) < 4.78 is 5.61. The van der Waals surface area contributed by atoms with Crippen LogP contribution in [0.2, 0.25) is 0 Å². The average Bonchev–Trinajstić information content (AvgIpc) is 2.14. The fourth-order valence-electron chi connectivity index (χ4n) is 1.75. The SMILES string of the molecule is C[C@@H]1CCCCCN(C)CCOC1. The van der Waals surface area contributed by atoms with Gasteiger partial charge in [-0.05, 0) is 32.4 Å². The van der Waals surface area contributed by atoms with Gasteiger partial charge in [-0.3, -0.25) is 0 Å². The number of rotatable bonds is 0. The minimum atomic E-state index is 0.753. The second-order valence-corrected chi connectivity index (χ2v) is 4.33. The number of hydrogen-bond acceptors (Lipinski definition) is 2. The minimum Gasteiger partial charge on any atom is -0.380 e. The van der Waals surface area contributed by atoms with Gasteiger partial charge in [0.2, 0.25) is 0 Å². The summed E-state index contributed by atoms with van der Waals surface area (Å²) in [6.45, 7) is 6.47. The highest BCUT2D eigenvalue weighted by molar-refractivity contribution is 4.57. The summed E-state index contributed by atoms with van der Waals surface area (Å²) >= 11 is 0. The standard InChI is InChI=1S/C11H23NO/c1-11-6-4-3-5-7-12(2)8-9-13-10-11/h11H,3-10H2,1-2H3/t11-/m1/s1. The first-order valence-electron chi connectivity index (χ1n) is 5.55. The maximum absolute atomic E-state index is 5.61. The van der Waals surface area contributed by atoms with Crippen molar-refractivity contribution in [1.82, 2.24) is 4.90 Å². The van der Waals surface area contributed by atoms with E-state index in [0.29, 0.717) is 0 Å². The van der Waals surface area contributed by atoms with E-state index < -0.39 is 0 Å². The van der Waals surface area contributed by atoms with E-state index in [-0.39, 0.29) is 0 Å². The molecule has 1 atom stereocenters. The maximum Gasteiger partial charge on any atom is 0.0593 e. The molecule has 0 spiro atoms. The first-order chi connectivity index (χ1) is 6.29. The van der Waals surface area contributed by atoms with Crippen molar-refractivity contribution in [3.63, 3.8) is 0 Å². The Morgan fingerprint density at radius 1 is 1.15 bits per heavy atom. The van der Waals surface area contributed by atoms with Crippen molar-refractivity contribution < 1.29 is 4.74 Å². The lowest BCUT2D eigenvalue weighted by atomic mass is 10.0. The van der Waals surface area contributed by atoms with E-state index in [2.05, 4.69) is 18.9 Å². The Labute approximate surface area is 82.3 Å².